The predicted octanol–water partition coefficient (Wildman–Crippen LogP) is 3.78. The molecule has 0 radical (unpaired) electrons. The number of hydrogen-bond acceptors (Lipinski definition) is 3. The number of ether oxygens (including phenoxy) is 1. The number of alkyl halides is 3. The van der Waals surface area contributed by atoms with Crippen LogP contribution in [0.1, 0.15) is 32.0 Å². The second-order valence-electron chi connectivity index (χ2n) is 6.17. The molecule has 9 heteroatoms. The van der Waals surface area contributed by atoms with Gasteiger partial charge >= 0.3 is 6.18 Å². The van der Waals surface area contributed by atoms with E-state index in [1.165, 1.54) is 13.3 Å². The summed E-state index contributed by atoms with van der Waals surface area (Å²) in [4.78, 5) is 0. The van der Waals surface area contributed by atoms with Crippen molar-refractivity contribution in [3.63, 3.8) is 0 Å². The molecule has 0 spiro atoms. The fourth-order valence-corrected chi connectivity index (χ4v) is 2.33. The zero-order valence-electron chi connectivity index (χ0n) is 14.2. The van der Waals surface area contributed by atoms with Gasteiger partial charge in [-0.3, -0.25) is 0 Å². The van der Waals surface area contributed by atoms with Crippen LogP contribution in [0.25, 0.3) is 5.69 Å². The van der Waals surface area contributed by atoms with Gasteiger partial charge in [0.1, 0.15) is 11.0 Å². The summed E-state index contributed by atoms with van der Waals surface area (Å²) in [5.41, 5.74) is 0.0422. The van der Waals surface area contributed by atoms with E-state index < -0.39 is 27.6 Å². The van der Waals surface area contributed by atoms with E-state index >= 15 is 0 Å². The van der Waals surface area contributed by atoms with Crippen LogP contribution in [0, 0.1) is 0 Å². The minimum absolute atomic E-state index is 0.0254. The lowest BCUT2D eigenvalue weighted by molar-refractivity contribution is -0.141. The fraction of sp³-hybridized carbons (Fsp3) is 0.375. The molecule has 0 saturated carbocycles. The highest BCUT2D eigenvalue weighted by Crippen LogP contribution is 2.32. The van der Waals surface area contributed by atoms with Crippen molar-refractivity contribution >= 4 is 17.2 Å². The Morgan fingerprint density at radius 3 is 2.28 bits per heavy atom. The molecular formula is C16H18F3N3O2S. The van der Waals surface area contributed by atoms with Crippen LogP contribution in [0.4, 0.5) is 13.2 Å². The molecule has 25 heavy (non-hydrogen) atoms. The first kappa shape index (κ1) is 19.2. The lowest BCUT2D eigenvalue weighted by Crippen LogP contribution is -2.19. The Labute approximate surface area is 146 Å². The Hall–Kier alpha value is -2.16. The quantitative estimate of drug-likeness (QED) is 0.767. The summed E-state index contributed by atoms with van der Waals surface area (Å²) < 4.78 is 59.8. The summed E-state index contributed by atoms with van der Waals surface area (Å²) >= 11 is 0. The minimum atomic E-state index is -4.55. The van der Waals surface area contributed by atoms with E-state index in [0.29, 0.717) is 11.3 Å². The van der Waals surface area contributed by atoms with Gasteiger partial charge < -0.3 is 4.74 Å². The molecule has 1 aromatic heterocycles. The van der Waals surface area contributed by atoms with Crippen LogP contribution >= 0.6 is 0 Å². The summed E-state index contributed by atoms with van der Waals surface area (Å²) in [5.74, 6) is -0.0254. The second-order valence-corrected chi connectivity index (χ2v) is 8.10. The SMILES string of the molecule is COc1cc(C(F)(F)F)nn1-c1ccc(C=NS(=O)C(C)(C)C)cc1. The molecule has 0 aliphatic heterocycles. The highest BCUT2D eigenvalue weighted by Gasteiger charge is 2.35. The fourth-order valence-electron chi connectivity index (χ4n) is 1.80. The third-order valence-corrected chi connectivity index (χ3v) is 4.48. The molecule has 0 amide bonds. The Morgan fingerprint density at radius 1 is 1.20 bits per heavy atom. The van der Waals surface area contributed by atoms with E-state index in [1.54, 1.807) is 24.3 Å². The lowest BCUT2D eigenvalue weighted by atomic mass is 10.2. The van der Waals surface area contributed by atoms with Gasteiger partial charge in [-0.1, -0.05) is 12.1 Å². The maximum Gasteiger partial charge on any atom is 0.435 e. The van der Waals surface area contributed by atoms with Crippen LogP contribution in [0.15, 0.2) is 34.7 Å². The van der Waals surface area contributed by atoms with Crippen molar-refractivity contribution in [2.45, 2.75) is 31.7 Å². The maximum absolute atomic E-state index is 12.8. The topological polar surface area (TPSA) is 56.5 Å². The summed E-state index contributed by atoms with van der Waals surface area (Å²) in [6, 6.07) is 7.29. The molecule has 0 aliphatic carbocycles. The van der Waals surface area contributed by atoms with Crippen molar-refractivity contribution in [2.24, 2.45) is 4.40 Å². The first-order valence-corrected chi connectivity index (χ1v) is 8.41. The van der Waals surface area contributed by atoms with Gasteiger partial charge in [-0.05, 0) is 38.5 Å². The van der Waals surface area contributed by atoms with E-state index in [4.69, 9.17) is 4.74 Å². The Bertz CT molecular complexity index is 790. The number of rotatable bonds is 4. The molecule has 2 aromatic rings. The van der Waals surface area contributed by atoms with Crippen molar-refractivity contribution in [3.05, 3.63) is 41.6 Å². The van der Waals surface area contributed by atoms with Crippen molar-refractivity contribution < 1.29 is 22.1 Å². The highest BCUT2D eigenvalue weighted by atomic mass is 32.2. The molecule has 0 bridgehead atoms. The molecule has 1 unspecified atom stereocenters. The summed E-state index contributed by atoms with van der Waals surface area (Å²) in [7, 11) is -0.110. The molecule has 2 rings (SSSR count). The molecule has 1 atom stereocenters. The zero-order valence-corrected chi connectivity index (χ0v) is 15.0. The number of benzene rings is 1. The van der Waals surface area contributed by atoms with E-state index in [2.05, 4.69) is 9.50 Å². The van der Waals surface area contributed by atoms with E-state index in [1.807, 2.05) is 20.8 Å². The summed E-state index contributed by atoms with van der Waals surface area (Å²) in [5, 5.41) is 3.54. The third kappa shape index (κ3) is 4.68. The first-order valence-electron chi connectivity index (χ1n) is 7.30. The lowest BCUT2D eigenvalue weighted by Gasteiger charge is -2.12. The normalized spacial score (nSPS) is 14.0. The van der Waals surface area contributed by atoms with Gasteiger partial charge in [0.15, 0.2) is 5.69 Å². The molecule has 1 aromatic carbocycles. The van der Waals surface area contributed by atoms with Gasteiger partial charge in [0.05, 0.1) is 17.5 Å². The van der Waals surface area contributed by atoms with Gasteiger partial charge in [-0.15, -0.1) is 0 Å². The van der Waals surface area contributed by atoms with Crippen molar-refractivity contribution in [1.82, 2.24) is 9.78 Å². The minimum Gasteiger partial charge on any atom is -0.481 e. The second kappa shape index (κ2) is 6.99. The van der Waals surface area contributed by atoms with Crippen LogP contribution in [-0.4, -0.2) is 32.1 Å². The monoisotopic (exact) mass is 373 g/mol. The largest absolute Gasteiger partial charge is 0.481 e. The molecular weight excluding hydrogens is 355 g/mol. The average Bonchev–Trinajstić information content (AvgIpc) is 2.96. The number of hydrogen-bond donors (Lipinski definition) is 0. The number of aromatic nitrogens is 2. The summed E-state index contributed by atoms with van der Waals surface area (Å²) in [6.07, 6.45) is -3.09. The van der Waals surface area contributed by atoms with Crippen LogP contribution < -0.4 is 4.74 Å². The molecule has 0 fully saturated rings. The Kier molecular flexibility index (Phi) is 5.36. The Morgan fingerprint density at radius 2 is 1.80 bits per heavy atom. The van der Waals surface area contributed by atoms with Gasteiger partial charge in [0.25, 0.3) is 0 Å². The average molecular weight is 373 g/mol. The number of halogens is 3. The van der Waals surface area contributed by atoms with E-state index in [0.717, 1.165) is 10.7 Å². The predicted molar refractivity (Wildman–Crippen MR) is 90.6 cm³/mol. The molecule has 0 N–H and O–H groups in total. The third-order valence-electron chi connectivity index (χ3n) is 3.14. The van der Waals surface area contributed by atoms with Gasteiger partial charge in [0.2, 0.25) is 5.88 Å². The van der Waals surface area contributed by atoms with Gasteiger partial charge in [0, 0.05) is 12.3 Å². The van der Waals surface area contributed by atoms with Crippen LogP contribution in [0.5, 0.6) is 5.88 Å². The molecule has 136 valence electrons. The van der Waals surface area contributed by atoms with Crippen molar-refractivity contribution in [2.75, 3.05) is 7.11 Å². The number of methoxy groups -OCH3 is 1. The number of nitrogens with zero attached hydrogens (tertiary/aromatic N) is 3. The zero-order chi connectivity index (χ0) is 18.8. The standard InChI is InChI=1S/C16H18F3N3O2S/c1-15(2,3)25(23)20-10-11-5-7-12(8-6-11)22-14(24-4)9-13(21-22)16(17,18)19/h5-10H,1-4H3. The van der Waals surface area contributed by atoms with E-state index in [-0.39, 0.29) is 5.88 Å². The molecule has 5 nitrogen and oxygen atoms in total. The maximum atomic E-state index is 12.8. The Balaban J connectivity index is 2.27. The molecule has 0 aliphatic rings. The van der Waals surface area contributed by atoms with Crippen LogP contribution in [0.2, 0.25) is 0 Å². The molecule has 1 heterocycles. The first-order chi connectivity index (χ1) is 11.5. The van der Waals surface area contributed by atoms with Crippen LogP contribution in [-0.2, 0) is 17.2 Å². The molecule has 0 saturated heterocycles. The van der Waals surface area contributed by atoms with E-state index in [9.17, 15) is 17.4 Å². The van der Waals surface area contributed by atoms with Crippen molar-refractivity contribution in [1.29, 1.82) is 0 Å². The summed E-state index contributed by atoms with van der Waals surface area (Å²) in [6.45, 7) is 5.43. The smallest absolute Gasteiger partial charge is 0.435 e. The van der Waals surface area contributed by atoms with Crippen LogP contribution in [0.3, 0.4) is 0 Å². The highest BCUT2D eigenvalue weighted by molar-refractivity contribution is 7.85. The van der Waals surface area contributed by atoms with Gasteiger partial charge in [-0.25, -0.2) is 8.89 Å². The van der Waals surface area contributed by atoms with Gasteiger partial charge in [-0.2, -0.15) is 22.7 Å². The van der Waals surface area contributed by atoms with Crippen molar-refractivity contribution in [3.8, 4) is 11.6 Å².